The maximum absolute atomic E-state index is 12.7. The van der Waals surface area contributed by atoms with Crippen LogP contribution in [0.1, 0.15) is 17.0 Å². The van der Waals surface area contributed by atoms with Crippen molar-refractivity contribution in [2.45, 2.75) is 23.3 Å². The van der Waals surface area contributed by atoms with Gasteiger partial charge >= 0.3 is 12.4 Å². The first-order valence-corrected chi connectivity index (χ1v) is 7.85. The first-order chi connectivity index (χ1) is 11.9. The largest absolute Gasteiger partial charge is 0.433 e. The minimum absolute atomic E-state index is 0.184. The molecule has 0 aliphatic rings. The normalized spacial score (nSPS) is 13.5. The second-order valence-corrected chi connectivity index (χ2v) is 6.17. The third kappa shape index (κ3) is 4.74. The number of aromatic nitrogens is 2. The minimum atomic E-state index is -5.19. The summed E-state index contributed by atoms with van der Waals surface area (Å²) in [4.78, 5) is 15.7. The summed E-state index contributed by atoms with van der Waals surface area (Å²) in [6.07, 6.45) is -10.4. The van der Waals surface area contributed by atoms with Gasteiger partial charge in [-0.2, -0.15) is 26.3 Å². The summed E-state index contributed by atoms with van der Waals surface area (Å²) in [5, 5.41) is 9.40. The predicted octanol–water partition coefficient (Wildman–Crippen LogP) is 3.73. The Kier molecular flexibility index (Phi) is 5.30. The van der Waals surface area contributed by atoms with Gasteiger partial charge in [0.15, 0.2) is 0 Å². The van der Waals surface area contributed by atoms with Gasteiger partial charge in [-0.1, -0.05) is 12.1 Å². The Hall–Kier alpha value is -2.57. The number of alkyl halides is 6. The van der Waals surface area contributed by atoms with Crippen LogP contribution in [-0.4, -0.2) is 19.1 Å². The Bertz CT molecular complexity index is 819. The van der Waals surface area contributed by atoms with Gasteiger partial charge in [-0.25, -0.2) is 9.97 Å². The van der Waals surface area contributed by atoms with Gasteiger partial charge in [0.25, 0.3) is 5.69 Å². The summed E-state index contributed by atoms with van der Waals surface area (Å²) >= 11 is 0. The lowest BCUT2D eigenvalue weighted by atomic mass is 10.2. The van der Waals surface area contributed by atoms with Crippen molar-refractivity contribution in [2.75, 3.05) is 0 Å². The highest BCUT2D eigenvalue weighted by Gasteiger charge is 2.40. The highest BCUT2D eigenvalue weighted by atomic mass is 32.2. The molecule has 0 saturated carbocycles. The molecule has 2 aromatic rings. The summed E-state index contributed by atoms with van der Waals surface area (Å²) in [6, 6.07) is 4.19. The molecule has 140 valence electrons. The number of benzene rings is 1. The monoisotopic (exact) mass is 399 g/mol. The van der Waals surface area contributed by atoms with E-state index < -0.39 is 50.4 Å². The van der Waals surface area contributed by atoms with E-state index in [1.54, 1.807) is 0 Å². The Labute approximate surface area is 143 Å². The van der Waals surface area contributed by atoms with E-state index in [-0.39, 0.29) is 17.3 Å². The molecule has 1 heterocycles. The molecule has 0 aliphatic carbocycles. The zero-order valence-electron chi connectivity index (χ0n) is 12.3. The fourth-order valence-electron chi connectivity index (χ4n) is 1.75. The van der Waals surface area contributed by atoms with E-state index in [4.69, 9.17) is 0 Å². The fraction of sp³-hybridized carbons (Fsp3) is 0.231. The zero-order chi connectivity index (χ0) is 19.7. The lowest BCUT2D eigenvalue weighted by molar-refractivity contribution is -0.384. The molecule has 1 aromatic carbocycles. The van der Waals surface area contributed by atoms with Crippen LogP contribution >= 0.6 is 0 Å². The Morgan fingerprint density at radius 3 is 1.81 bits per heavy atom. The number of hydrogen-bond acceptors (Lipinski definition) is 5. The van der Waals surface area contributed by atoms with Crippen LogP contribution in [0.25, 0.3) is 0 Å². The van der Waals surface area contributed by atoms with Gasteiger partial charge in [0, 0.05) is 12.1 Å². The third-order valence-corrected chi connectivity index (χ3v) is 4.12. The molecule has 1 atom stereocenters. The maximum Gasteiger partial charge on any atom is 0.433 e. The zero-order valence-corrected chi connectivity index (χ0v) is 13.2. The van der Waals surface area contributed by atoms with Crippen molar-refractivity contribution in [1.82, 2.24) is 9.97 Å². The minimum Gasteiger partial charge on any atom is -0.258 e. The lowest BCUT2D eigenvalue weighted by Crippen LogP contribution is -2.18. The lowest BCUT2D eigenvalue weighted by Gasteiger charge is -2.12. The summed E-state index contributed by atoms with van der Waals surface area (Å²) in [7, 11) is -2.43. The SMILES string of the molecule is O=[N+]([O-])c1ccc(C[S@](=O)c2nc(C(F)(F)F)cc(C(F)(F)F)n2)cc1. The summed E-state index contributed by atoms with van der Waals surface area (Å²) in [5.74, 6) is -0.517. The van der Waals surface area contributed by atoms with Gasteiger partial charge in [-0.3, -0.25) is 14.3 Å². The van der Waals surface area contributed by atoms with Crippen LogP contribution in [0.15, 0.2) is 35.5 Å². The molecule has 0 amide bonds. The van der Waals surface area contributed by atoms with E-state index in [2.05, 4.69) is 9.97 Å². The number of hydrogen-bond donors (Lipinski definition) is 0. The Morgan fingerprint density at radius 2 is 1.42 bits per heavy atom. The molecule has 6 nitrogen and oxygen atoms in total. The number of nitrogens with zero attached hydrogens (tertiary/aromatic N) is 3. The molecule has 2 rings (SSSR count). The van der Waals surface area contributed by atoms with Crippen LogP contribution in [0.2, 0.25) is 0 Å². The molecule has 0 unspecified atom stereocenters. The van der Waals surface area contributed by atoms with Crippen LogP contribution in [0.4, 0.5) is 32.0 Å². The predicted molar refractivity (Wildman–Crippen MR) is 75.2 cm³/mol. The van der Waals surface area contributed by atoms with Crippen LogP contribution in [0.5, 0.6) is 0 Å². The van der Waals surface area contributed by atoms with Crippen molar-refractivity contribution in [2.24, 2.45) is 0 Å². The van der Waals surface area contributed by atoms with Gasteiger partial charge in [0.2, 0.25) is 5.16 Å². The molecule has 0 aliphatic heterocycles. The molecule has 0 saturated heterocycles. The van der Waals surface area contributed by atoms with E-state index in [9.17, 15) is 40.7 Å². The quantitative estimate of drug-likeness (QED) is 0.339. The fourth-order valence-corrected chi connectivity index (χ4v) is 2.77. The highest BCUT2D eigenvalue weighted by molar-refractivity contribution is 7.84. The summed E-state index contributed by atoms with van der Waals surface area (Å²) in [6.45, 7) is 0. The first kappa shape index (κ1) is 19.8. The molecule has 26 heavy (non-hydrogen) atoms. The van der Waals surface area contributed by atoms with Gasteiger partial charge < -0.3 is 0 Å². The number of non-ortho nitro benzene ring substituents is 1. The van der Waals surface area contributed by atoms with Crippen LogP contribution < -0.4 is 0 Å². The van der Waals surface area contributed by atoms with Gasteiger partial charge in [0.05, 0.1) is 21.5 Å². The Balaban J connectivity index is 2.37. The number of nitro groups is 1. The van der Waals surface area contributed by atoms with Crippen molar-refractivity contribution in [3.63, 3.8) is 0 Å². The molecule has 1 aromatic heterocycles. The molecular weight excluding hydrogens is 392 g/mol. The molecule has 0 bridgehead atoms. The first-order valence-electron chi connectivity index (χ1n) is 6.53. The van der Waals surface area contributed by atoms with E-state index in [1.165, 1.54) is 12.1 Å². The van der Waals surface area contributed by atoms with E-state index in [1.807, 2.05) is 0 Å². The van der Waals surface area contributed by atoms with Gasteiger partial charge in [-0.05, 0) is 11.6 Å². The standard InChI is InChI=1S/C13H7F6N3O3S/c14-12(15,16)9-5-10(13(17,18)19)21-11(20-9)26(25)6-7-1-3-8(4-2-7)22(23)24/h1-5H,6H2/t26-/m0/s1. The van der Waals surface area contributed by atoms with E-state index >= 15 is 0 Å². The molecule has 0 radical (unpaired) electrons. The van der Waals surface area contributed by atoms with Crippen molar-refractivity contribution in [1.29, 1.82) is 0 Å². The molecule has 0 fully saturated rings. The van der Waals surface area contributed by atoms with Crippen LogP contribution in [0.3, 0.4) is 0 Å². The molecule has 0 N–H and O–H groups in total. The van der Waals surface area contributed by atoms with Crippen molar-refractivity contribution in [3.8, 4) is 0 Å². The third-order valence-electron chi connectivity index (χ3n) is 2.94. The second kappa shape index (κ2) is 6.97. The van der Waals surface area contributed by atoms with Crippen molar-refractivity contribution < 1.29 is 35.5 Å². The number of rotatable bonds is 4. The van der Waals surface area contributed by atoms with E-state index in [0.29, 0.717) is 0 Å². The summed E-state index contributed by atoms with van der Waals surface area (Å²) in [5.41, 5.74) is -3.84. The average molecular weight is 399 g/mol. The Morgan fingerprint density at radius 1 is 0.962 bits per heavy atom. The van der Waals surface area contributed by atoms with Gasteiger partial charge in [0.1, 0.15) is 11.4 Å². The van der Waals surface area contributed by atoms with Crippen LogP contribution in [-0.2, 0) is 28.9 Å². The molecule has 13 heteroatoms. The van der Waals surface area contributed by atoms with Crippen molar-refractivity contribution in [3.05, 3.63) is 57.4 Å². The maximum atomic E-state index is 12.7. The topological polar surface area (TPSA) is 86.0 Å². The van der Waals surface area contributed by atoms with Crippen molar-refractivity contribution >= 4 is 16.5 Å². The summed E-state index contributed by atoms with van der Waals surface area (Å²) < 4.78 is 88.5. The molecule has 0 spiro atoms. The van der Waals surface area contributed by atoms with Crippen LogP contribution in [0, 0.1) is 10.1 Å². The van der Waals surface area contributed by atoms with E-state index in [0.717, 1.165) is 12.1 Å². The highest BCUT2D eigenvalue weighted by Crippen LogP contribution is 2.33. The van der Waals surface area contributed by atoms with Gasteiger partial charge in [-0.15, -0.1) is 0 Å². The number of halogens is 6. The molecular formula is C13H7F6N3O3S. The second-order valence-electron chi connectivity index (χ2n) is 4.83. The number of nitro benzene ring substituents is 1. The smallest absolute Gasteiger partial charge is 0.258 e. The average Bonchev–Trinajstić information content (AvgIpc) is 2.53.